The molecule has 2 N–H and O–H groups in total. The average Bonchev–Trinajstić information content (AvgIpc) is 3.03. The van der Waals surface area contributed by atoms with Gasteiger partial charge in [0.1, 0.15) is 16.8 Å². The van der Waals surface area contributed by atoms with Crippen LogP contribution in [0.2, 0.25) is 0 Å². The molecule has 10 heteroatoms. The molecule has 3 aromatic rings. The number of nitrogens with zero attached hydrogens (tertiary/aromatic N) is 3. The van der Waals surface area contributed by atoms with Crippen molar-refractivity contribution in [2.45, 2.75) is 25.6 Å². The van der Waals surface area contributed by atoms with E-state index in [-0.39, 0.29) is 22.1 Å². The molecular formula is C25H19F3N4O2S. The van der Waals surface area contributed by atoms with E-state index in [0.717, 1.165) is 28.2 Å². The Balaban J connectivity index is 1.77. The number of hydrogen-bond donors (Lipinski definition) is 1. The van der Waals surface area contributed by atoms with Crippen molar-refractivity contribution in [3.8, 4) is 17.2 Å². The summed E-state index contributed by atoms with van der Waals surface area (Å²) in [6.07, 6.45) is -4.80. The number of nitriles is 1. The molecule has 6 nitrogen and oxygen atoms in total. The SMILES string of the molecule is CC1(C)C(=O)N(c2ccc(C#N)c(C(F)(F)F)c2)C(=S=O)N1c1ccc(-c2ccc(N)cc2)cc1. The highest BCUT2D eigenvalue weighted by molar-refractivity contribution is 7.67. The number of halogens is 3. The van der Waals surface area contributed by atoms with E-state index in [1.807, 2.05) is 24.3 Å². The zero-order chi connectivity index (χ0) is 25.5. The molecule has 4 rings (SSSR count). The predicted octanol–water partition coefficient (Wildman–Crippen LogP) is 4.76. The lowest BCUT2D eigenvalue weighted by atomic mass is 10.0. The highest BCUT2D eigenvalue weighted by Crippen LogP contribution is 2.39. The first-order valence-electron chi connectivity index (χ1n) is 10.4. The summed E-state index contributed by atoms with van der Waals surface area (Å²) in [5.74, 6) is -0.573. The van der Waals surface area contributed by atoms with Crippen LogP contribution in [0.25, 0.3) is 11.1 Å². The summed E-state index contributed by atoms with van der Waals surface area (Å²) in [5.41, 5.74) is 5.54. The summed E-state index contributed by atoms with van der Waals surface area (Å²) in [4.78, 5) is 15.8. The zero-order valence-electron chi connectivity index (χ0n) is 18.6. The number of nitrogens with two attached hydrogens (primary N) is 1. The number of anilines is 3. The Kier molecular flexibility index (Phi) is 5.90. The molecule has 35 heavy (non-hydrogen) atoms. The molecule has 1 aliphatic rings. The zero-order valence-corrected chi connectivity index (χ0v) is 19.4. The van der Waals surface area contributed by atoms with E-state index in [2.05, 4.69) is 0 Å². The fraction of sp³-hybridized carbons (Fsp3) is 0.160. The molecule has 178 valence electrons. The molecule has 0 aliphatic carbocycles. The van der Waals surface area contributed by atoms with Crippen LogP contribution in [0.3, 0.4) is 0 Å². The van der Waals surface area contributed by atoms with Gasteiger partial charge in [-0.25, -0.2) is 4.21 Å². The number of rotatable bonds is 3. The van der Waals surface area contributed by atoms with Crippen molar-refractivity contribution >= 4 is 39.3 Å². The third-order valence-electron chi connectivity index (χ3n) is 5.80. The van der Waals surface area contributed by atoms with Crippen LogP contribution < -0.4 is 15.5 Å². The fourth-order valence-corrected chi connectivity index (χ4v) is 4.68. The molecule has 0 atom stereocenters. The van der Waals surface area contributed by atoms with Gasteiger partial charge in [0.25, 0.3) is 5.91 Å². The van der Waals surface area contributed by atoms with Crippen molar-refractivity contribution in [3.63, 3.8) is 0 Å². The predicted molar refractivity (Wildman–Crippen MR) is 130 cm³/mol. The number of alkyl halides is 3. The first-order chi connectivity index (χ1) is 16.5. The standard InChI is InChI=1S/C25H19F3N4O2S/c1-24(2)22(33)31(20-12-7-17(14-29)21(13-20)25(26,27)28)23(35-34)32(24)19-10-5-16(6-11-19)15-3-8-18(30)9-4-15/h3-13H,30H2,1-2H3. The number of hydrogen-bond acceptors (Lipinski definition) is 4. The topological polar surface area (TPSA) is 90.4 Å². The van der Waals surface area contributed by atoms with E-state index in [0.29, 0.717) is 11.4 Å². The van der Waals surface area contributed by atoms with Crippen LogP contribution in [-0.2, 0) is 22.2 Å². The minimum Gasteiger partial charge on any atom is -0.399 e. The van der Waals surface area contributed by atoms with Crippen molar-refractivity contribution in [3.05, 3.63) is 77.9 Å². The summed E-state index contributed by atoms with van der Waals surface area (Å²) < 4.78 is 52.8. The van der Waals surface area contributed by atoms with E-state index in [1.54, 1.807) is 38.1 Å². The maximum atomic E-state index is 13.5. The normalized spacial score (nSPS) is 15.3. The molecule has 0 radical (unpaired) electrons. The van der Waals surface area contributed by atoms with Gasteiger partial charge in [-0.3, -0.25) is 9.69 Å². The number of benzene rings is 3. The van der Waals surface area contributed by atoms with Gasteiger partial charge in [-0.15, -0.1) is 0 Å². The van der Waals surface area contributed by atoms with Gasteiger partial charge in [0.2, 0.25) is 5.11 Å². The second-order valence-electron chi connectivity index (χ2n) is 8.41. The Morgan fingerprint density at radius 2 is 1.49 bits per heavy atom. The third kappa shape index (κ3) is 4.15. The van der Waals surface area contributed by atoms with Crippen LogP contribution in [0.15, 0.2) is 66.7 Å². The molecule has 0 aromatic heterocycles. The maximum absolute atomic E-state index is 13.5. The van der Waals surface area contributed by atoms with Crippen molar-refractivity contribution in [1.82, 2.24) is 0 Å². The van der Waals surface area contributed by atoms with Gasteiger partial charge >= 0.3 is 6.18 Å². The van der Waals surface area contributed by atoms with Gasteiger partial charge in [-0.2, -0.15) is 18.4 Å². The van der Waals surface area contributed by atoms with Crippen LogP contribution in [-0.4, -0.2) is 20.8 Å². The molecule has 1 amide bonds. The third-order valence-corrected chi connectivity index (χ3v) is 6.31. The van der Waals surface area contributed by atoms with Crippen molar-refractivity contribution in [1.29, 1.82) is 5.26 Å². The van der Waals surface area contributed by atoms with E-state index in [9.17, 15) is 22.2 Å². The highest BCUT2D eigenvalue weighted by atomic mass is 32.1. The monoisotopic (exact) mass is 496 g/mol. The second kappa shape index (κ2) is 8.60. The maximum Gasteiger partial charge on any atom is 0.417 e. The second-order valence-corrected chi connectivity index (χ2v) is 8.94. The van der Waals surface area contributed by atoms with E-state index >= 15 is 0 Å². The number of amides is 1. The van der Waals surface area contributed by atoms with Crippen LogP contribution in [0.1, 0.15) is 25.0 Å². The number of carbonyl (C=O) groups excluding carboxylic acids is 1. The lowest BCUT2D eigenvalue weighted by molar-refractivity contribution is -0.137. The molecule has 0 bridgehead atoms. The minimum absolute atomic E-state index is 0.00735. The lowest BCUT2D eigenvalue weighted by Crippen LogP contribution is -2.44. The Bertz CT molecular complexity index is 1400. The summed E-state index contributed by atoms with van der Waals surface area (Å²) in [7, 11) is 0. The first-order valence-corrected chi connectivity index (χ1v) is 11.1. The number of nitrogen functional groups attached to an aromatic ring is 1. The number of carbonyl (C=O) groups is 1. The van der Waals surface area contributed by atoms with Gasteiger partial charge in [-0.05, 0) is 67.4 Å². The quantitative estimate of drug-likeness (QED) is 0.417. The summed E-state index contributed by atoms with van der Waals surface area (Å²) in [6, 6.07) is 18.8. The van der Waals surface area contributed by atoms with E-state index in [1.165, 1.54) is 17.0 Å². The molecule has 0 unspecified atom stereocenters. The molecule has 0 spiro atoms. The molecule has 1 fully saturated rings. The molecule has 1 saturated heterocycles. The summed E-state index contributed by atoms with van der Waals surface area (Å²) >= 11 is 0.00735. The first kappa shape index (κ1) is 24.0. The molecule has 3 aromatic carbocycles. The van der Waals surface area contributed by atoms with Gasteiger partial charge < -0.3 is 10.6 Å². The van der Waals surface area contributed by atoms with E-state index in [4.69, 9.17) is 11.0 Å². The molecule has 1 aliphatic heterocycles. The largest absolute Gasteiger partial charge is 0.417 e. The van der Waals surface area contributed by atoms with Crippen molar-refractivity contribution < 1.29 is 22.2 Å². The van der Waals surface area contributed by atoms with Crippen molar-refractivity contribution in [2.24, 2.45) is 0 Å². The van der Waals surface area contributed by atoms with Crippen LogP contribution in [0.4, 0.5) is 30.2 Å². The summed E-state index contributed by atoms with van der Waals surface area (Å²) in [5, 5.41) is 8.99. The average molecular weight is 497 g/mol. The van der Waals surface area contributed by atoms with Gasteiger partial charge in [-0.1, -0.05) is 24.3 Å². The van der Waals surface area contributed by atoms with Crippen LogP contribution in [0.5, 0.6) is 0 Å². The molecule has 1 heterocycles. The summed E-state index contributed by atoms with van der Waals surface area (Å²) in [6.45, 7) is 3.18. The minimum atomic E-state index is -4.80. The lowest BCUT2D eigenvalue weighted by Gasteiger charge is -2.29. The Labute approximate surface area is 203 Å². The Hall–Kier alpha value is -4.10. The van der Waals surface area contributed by atoms with Crippen LogP contribution in [0, 0.1) is 11.3 Å². The van der Waals surface area contributed by atoms with Gasteiger partial charge in [0.05, 0.1) is 22.9 Å². The molecule has 0 saturated carbocycles. The fourth-order valence-electron chi connectivity index (χ4n) is 4.01. The smallest absolute Gasteiger partial charge is 0.399 e. The van der Waals surface area contributed by atoms with Gasteiger partial charge in [0.15, 0.2) is 0 Å². The Morgan fingerprint density at radius 3 is 2.00 bits per heavy atom. The van der Waals surface area contributed by atoms with Gasteiger partial charge in [0, 0.05) is 11.4 Å². The highest BCUT2D eigenvalue weighted by Gasteiger charge is 2.51. The Morgan fingerprint density at radius 1 is 0.943 bits per heavy atom. The van der Waals surface area contributed by atoms with E-state index < -0.39 is 28.7 Å². The van der Waals surface area contributed by atoms with Crippen LogP contribution >= 0.6 is 0 Å². The van der Waals surface area contributed by atoms with Crippen molar-refractivity contribution in [2.75, 3.05) is 15.5 Å². The molecular weight excluding hydrogens is 477 g/mol.